The summed E-state index contributed by atoms with van der Waals surface area (Å²) in [4.78, 5) is 20.6. The minimum absolute atomic E-state index is 0.0538. The quantitative estimate of drug-likeness (QED) is 0.372. The fourth-order valence-corrected chi connectivity index (χ4v) is 5.02. The van der Waals surface area contributed by atoms with Gasteiger partial charge in [0.15, 0.2) is 0 Å². The molecule has 0 amide bonds. The molecule has 2 aromatic heterocycles. The van der Waals surface area contributed by atoms with E-state index in [2.05, 4.69) is 6.92 Å². The number of aryl methyl sites for hydroxylation is 1. The lowest BCUT2D eigenvalue weighted by atomic mass is 10.0. The molecule has 0 saturated heterocycles. The summed E-state index contributed by atoms with van der Waals surface area (Å²) in [6, 6.07) is 14.1. The first-order chi connectivity index (χ1) is 14.9. The second-order valence-corrected chi connectivity index (χ2v) is 8.90. The van der Waals surface area contributed by atoms with Crippen molar-refractivity contribution in [1.82, 2.24) is 9.55 Å². The molecule has 2 heterocycles. The molecule has 0 aliphatic rings. The molecule has 0 aliphatic heterocycles. The van der Waals surface area contributed by atoms with Crippen LogP contribution < -0.4 is 10.3 Å². The van der Waals surface area contributed by atoms with Gasteiger partial charge in [0, 0.05) is 16.4 Å². The Morgan fingerprint density at radius 3 is 2.61 bits per heavy atom. The van der Waals surface area contributed by atoms with Gasteiger partial charge in [-0.1, -0.05) is 45.0 Å². The third kappa shape index (κ3) is 4.00. The maximum atomic E-state index is 13.8. The smallest absolute Gasteiger partial charge is 0.263 e. The van der Waals surface area contributed by atoms with E-state index in [0.29, 0.717) is 11.2 Å². The molecule has 2 aromatic carbocycles. The van der Waals surface area contributed by atoms with E-state index in [1.807, 2.05) is 44.2 Å². The van der Waals surface area contributed by atoms with Gasteiger partial charge in [-0.25, -0.2) is 9.37 Å². The summed E-state index contributed by atoms with van der Waals surface area (Å²) in [7, 11) is 1.63. The summed E-state index contributed by atoms with van der Waals surface area (Å²) in [5, 5.41) is 0.621. The van der Waals surface area contributed by atoms with Crippen LogP contribution in [0.4, 0.5) is 4.39 Å². The lowest BCUT2D eigenvalue weighted by Gasteiger charge is -2.15. The molecule has 0 N–H and O–H groups in total. The average Bonchev–Trinajstić information content (AvgIpc) is 3.14. The molecule has 0 atom stereocenters. The molecular weight excluding hydrogens is 411 g/mol. The Balaban J connectivity index is 2.00. The number of ether oxygens (including phenoxy) is 1. The van der Waals surface area contributed by atoms with Crippen LogP contribution in [0.25, 0.3) is 21.3 Å². The van der Waals surface area contributed by atoms with Gasteiger partial charge >= 0.3 is 0 Å². The number of benzene rings is 2. The van der Waals surface area contributed by atoms with Crippen LogP contribution in [0.1, 0.15) is 43.0 Å². The van der Waals surface area contributed by atoms with Crippen LogP contribution in [0.15, 0.2) is 53.3 Å². The normalized spacial score (nSPS) is 11.4. The van der Waals surface area contributed by atoms with Gasteiger partial charge in [0.2, 0.25) is 0 Å². The van der Waals surface area contributed by atoms with E-state index in [4.69, 9.17) is 9.72 Å². The zero-order valence-electron chi connectivity index (χ0n) is 18.1. The van der Waals surface area contributed by atoms with E-state index in [-0.39, 0.29) is 23.8 Å². The second kappa shape index (κ2) is 8.63. The molecule has 160 valence electrons. The van der Waals surface area contributed by atoms with Gasteiger partial charge in [0.05, 0.1) is 19.0 Å². The van der Waals surface area contributed by atoms with E-state index in [1.54, 1.807) is 29.1 Å². The number of rotatable bonds is 6. The topological polar surface area (TPSA) is 44.1 Å². The van der Waals surface area contributed by atoms with Gasteiger partial charge in [-0.05, 0) is 41.8 Å². The molecule has 0 bridgehead atoms. The SMILES string of the molecule is CCc1sc2nc(C(C)C)n(Cc3cccc(F)c3)c(=O)c2c1-c1cccc(OC)c1. The Morgan fingerprint density at radius 1 is 1.16 bits per heavy atom. The minimum atomic E-state index is -0.313. The van der Waals surface area contributed by atoms with Gasteiger partial charge in [-0.3, -0.25) is 9.36 Å². The highest BCUT2D eigenvalue weighted by Gasteiger charge is 2.22. The molecule has 0 unspecified atom stereocenters. The van der Waals surface area contributed by atoms with E-state index in [0.717, 1.165) is 38.6 Å². The molecule has 0 fully saturated rings. The zero-order chi connectivity index (χ0) is 22.1. The van der Waals surface area contributed by atoms with Crippen LogP contribution in [0.3, 0.4) is 0 Å². The van der Waals surface area contributed by atoms with Crippen molar-refractivity contribution < 1.29 is 9.13 Å². The maximum absolute atomic E-state index is 13.8. The summed E-state index contributed by atoms with van der Waals surface area (Å²) >= 11 is 1.57. The standard InChI is InChI=1S/C25H25FN2O2S/c1-5-20-21(17-9-7-11-19(13-17)30-4)22-24(31-20)27-23(15(2)3)28(25(22)29)14-16-8-6-10-18(26)12-16/h6-13,15H,5,14H2,1-4H3. The van der Waals surface area contributed by atoms with Crippen LogP contribution >= 0.6 is 11.3 Å². The van der Waals surface area contributed by atoms with Gasteiger partial charge in [-0.2, -0.15) is 0 Å². The maximum Gasteiger partial charge on any atom is 0.263 e. The molecule has 6 heteroatoms. The Hall–Kier alpha value is -2.99. The summed E-state index contributed by atoms with van der Waals surface area (Å²) in [5.41, 5.74) is 2.50. The molecule has 0 radical (unpaired) electrons. The number of thiophene rings is 1. The summed E-state index contributed by atoms with van der Waals surface area (Å²) in [5.74, 6) is 1.19. The number of nitrogens with zero attached hydrogens (tertiary/aromatic N) is 2. The minimum Gasteiger partial charge on any atom is -0.497 e. The molecule has 4 rings (SSSR count). The number of hydrogen-bond donors (Lipinski definition) is 0. The fourth-order valence-electron chi connectivity index (χ4n) is 3.89. The predicted molar refractivity (Wildman–Crippen MR) is 125 cm³/mol. The Labute approximate surface area is 185 Å². The van der Waals surface area contributed by atoms with Crippen LogP contribution in [0.5, 0.6) is 5.75 Å². The monoisotopic (exact) mass is 436 g/mol. The first-order valence-corrected chi connectivity index (χ1v) is 11.2. The molecule has 0 spiro atoms. The lowest BCUT2D eigenvalue weighted by molar-refractivity contribution is 0.415. The second-order valence-electron chi connectivity index (χ2n) is 7.81. The highest BCUT2D eigenvalue weighted by molar-refractivity contribution is 7.19. The van der Waals surface area contributed by atoms with Crippen molar-refractivity contribution in [2.75, 3.05) is 7.11 Å². The Kier molecular flexibility index (Phi) is 5.92. The lowest BCUT2D eigenvalue weighted by Crippen LogP contribution is -2.26. The first-order valence-electron chi connectivity index (χ1n) is 10.4. The molecular formula is C25H25FN2O2S. The largest absolute Gasteiger partial charge is 0.497 e. The third-order valence-electron chi connectivity index (χ3n) is 5.34. The first kappa shape index (κ1) is 21.2. The summed E-state index contributed by atoms with van der Waals surface area (Å²) in [6.07, 6.45) is 0.800. The van der Waals surface area contributed by atoms with Crippen LogP contribution in [-0.2, 0) is 13.0 Å². The Bertz CT molecular complexity index is 1310. The number of aromatic nitrogens is 2. The molecule has 31 heavy (non-hydrogen) atoms. The van der Waals surface area contributed by atoms with Gasteiger partial charge in [0.25, 0.3) is 5.56 Å². The van der Waals surface area contributed by atoms with E-state index in [9.17, 15) is 9.18 Å². The van der Waals surface area contributed by atoms with Crippen molar-refractivity contribution in [3.8, 4) is 16.9 Å². The molecule has 4 nitrogen and oxygen atoms in total. The molecule has 0 aliphatic carbocycles. The highest BCUT2D eigenvalue weighted by atomic mass is 32.1. The van der Waals surface area contributed by atoms with Crippen LogP contribution in [0, 0.1) is 5.82 Å². The third-order valence-corrected chi connectivity index (χ3v) is 6.57. The zero-order valence-corrected chi connectivity index (χ0v) is 18.9. The summed E-state index contributed by atoms with van der Waals surface area (Å²) in [6.45, 7) is 6.41. The highest BCUT2D eigenvalue weighted by Crippen LogP contribution is 2.38. The Morgan fingerprint density at radius 2 is 1.94 bits per heavy atom. The van der Waals surface area contributed by atoms with E-state index < -0.39 is 0 Å². The number of halogens is 1. The predicted octanol–water partition coefficient (Wildman–Crippen LogP) is 6.01. The van der Waals surface area contributed by atoms with Crippen molar-refractivity contribution in [2.45, 2.75) is 39.7 Å². The average molecular weight is 437 g/mol. The fraction of sp³-hybridized carbons (Fsp3) is 0.280. The van der Waals surface area contributed by atoms with Crippen molar-refractivity contribution in [1.29, 1.82) is 0 Å². The number of methoxy groups -OCH3 is 1. The van der Waals surface area contributed by atoms with Gasteiger partial charge in [0.1, 0.15) is 22.2 Å². The van der Waals surface area contributed by atoms with Crippen LogP contribution in [0.2, 0.25) is 0 Å². The molecule has 4 aromatic rings. The van der Waals surface area contributed by atoms with Crippen molar-refractivity contribution >= 4 is 21.6 Å². The van der Waals surface area contributed by atoms with Gasteiger partial charge in [-0.15, -0.1) is 11.3 Å². The van der Waals surface area contributed by atoms with Crippen molar-refractivity contribution in [2.24, 2.45) is 0 Å². The van der Waals surface area contributed by atoms with Crippen molar-refractivity contribution in [3.63, 3.8) is 0 Å². The molecule has 0 saturated carbocycles. The van der Waals surface area contributed by atoms with Crippen LogP contribution in [-0.4, -0.2) is 16.7 Å². The van der Waals surface area contributed by atoms with Crippen molar-refractivity contribution in [3.05, 3.63) is 81.0 Å². The van der Waals surface area contributed by atoms with E-state index in [1.165, 1.54) is 12.1 Å². The van der Waals surface area contributed by atoms with Gasteiger partial charge < -0.3 is 4.74 Å². The summed E-state index contributed by atoms with van der Waals surface area (Å²) < 4.78 is 20.9. The van der Waals surface area contributed by atoms with E-state index >= 15 is 0 Å². The number of hydrogen-bond acceptors (Lipinski definition) is 4. The number of fused-ring (bicyclic) bond motifs is 1.